The molecule has 0 aliphatic carbocycles. The van der Waals surface area contributed by atoms with Gasteiger partial charge in [-0.15, -0.1) is 0 Å². The summed E-state index contributed by atoms with van der Waals surface area (Å²) in [5.74, 6) is -2.66. The summed E-state index contributed by atoms with van der Waals surface area (Å²) in [7, 11) is 0. The number of para-hydroxylation sites is 1. The molecule has 2 aromatic heterocycles. The molecule has 0 spiro atoms. The first-order chi connectivity index (χ1) is 13.8. The Bertz CT molecular complexity index is 1360. The normalized spacial score (nSPS) is 10.0. The number of phenolic OH excluding ortho intramolecular Hbond substituents is 1. The lowest BCUT2D eigenvalue weighted by atomic mass is 10.2. The van der Waals surface area contributed by atoms with Gasteiger partial charge in [0.05, 0.1) is 0 Å². The third-order valence-corrected chi connectivity index (χ3v) is 3.82. The number of hydrogen-bond donors (Lipinski definition) is 3. The number of carbonyl (C=O) groups is 2. The average molecular weight is 413 g/mol. The molecule has 0 saturated carbocycles. The molecule has 2 aromatic carbocycles. The highest BCUT2D eigenvalue weighted by Gasteiger charge is 2.12. The predicted octanol–water partition coefficient (Wildman–Crippen LogP) is 2.51. The van der Waals surface area contributed by atoms with Crippen molar-refractivity contribution in [1.29, 1.82) is 0 Å². The number of hydrogen-bond acceptors (Lipinski definition) is 8. The molecule has 30 heavy (non-hydrogen) atoms. The zero-order valence-electron chi connectivity index (χ0n) is 14.9. The quantitative estimate of drug-likeness (QED) is 0.412. The highest BCUT2D eigenvalue weighted by Crippen LogP contribution is 2.19. The number of aromatic carboxylic acids is 2. The van der Waals surface area contributed by atoms with Gasteiger partial charge >= 0.3 is 23.2 Å². The van der Waals surface area contributed by atoms with Gasteiger partial charge in [-0.2, -0.15) is 0 Å². The Labute approximate surface area is 166 Å². The standard InChI is InChI=1S/C10H6O5.C10H6O4.H2O/c11-6-2-1-5-3-7(9(12)13)10(14)15-8(5)4-6;11-9(12)7-5-6-3-1-2-4-8(6)14-10(7)13;/h1-4,11H,(H,12,13);1-5H,(H,11,12);1H2/p-1. The van der Waals surface area contributed by atoms with Crippen LogP contribution in [0.4, 0.5) is 0 Å². The molecule has 0 atom stereocenters. The molecule has 4 N–H and O–H groups in total. The Balaban J connectivity index is 0.000000207. The molecule has 4 aromatic rings. The number of carboxylic acids is 2. The van der Waals surface area contributed by atoms with Crippen LogP contribution in [-0.2, 0) is 0 Å². The first kappa shape index (κ1) is 21.9. The van der Waals surface area contributed by atoms with Crippen molar-refractivity contribution in [3.8, 4) is 5.75 Å². The molecule has 0 fully saturated rings. The molecular weight excluding hydrogens is 400 g/mol. The fourth-order valence-corrected chi connectivity index (χ4v) is 2.46. The molecule has 10 nitrogen and oxygen atoms in total. The second-order valence-corrected chi connectivity index (χ2v) is 5.77. The van der Waals surface area contributed by atoms with Crippen LogP contribution in [0.15, 0.2) is 73.0 Å². The summed E-state index contributed by atoms with van der Waals surface area (Å²) in [6.07, 6.45) is 0. The maximum absolute atomic E-state index is 11.2. The summed E-state index contributed by atoms with van der Waals surface area (Å²) in [5, 5.41) is 27.5. The third kappa shape index (κ3) is 4.51. The van der Waals surface area contributed by atoms with Crippen molar-refractivity contribution in [1.82, 2.24) is 0 Å². The predicted molar refractivity (Wildman–Crippen MR) is 102 cm³/mol. The van der Waals surface area contributed by atoms with E-state index in [9.17, 15) is 19.2 Å². The first-order valence-corrected chi connectivity index (χ1v) is 8.02. The van der Waals surface area contributed by atoms with Crippen LogP contribution in [0.3, 0.4) is 0 Å². The summed E-state index contributed by atoms with van der Waals surface area (Å²) in [5.41, 5.74) is -1.97. The minimum Gasteiger partial charge on any atom is -0.870 e. The van der Waals surface area contributed by atoms with Gasteiger partial charge in [0.15, 0.2) is 0 Å². The smallest absolute Gasteiger partial charge is 0.351 e. The molecule has 2 heterocycles. The van der Waals surface area contributed by atoms with Crippen LogP contribution in [0.5, 0.6) is 5.75 Å². The zero-order valence-corrected chi connectivity index (χ0v) is 14.9. The van der Waals surface area contributed by atoms with Crippen molar-refractivity contribution in [2.24, 2.45) is 0 Å². The van der Waals surface area contributed by atoms with Crippen molar-refractivity contribution in [2.45, 2.75) is 0 Å². The second kappa shape index (κ2) is 8.71. The molecule has 0 aliphatic heterocycles. The monoisotopic (exact) mass is 413 g/mol. The van der Waals surface area contributed by atoms with Gasteiger partial charge in [-0.05, 0) is 30.3 Å². The van der Waals surface area contributed by atoms with E-state index in [1.165, 1.54) is 30.3 Å². The van der Waals surface area contributed by atoms with Crippen LogP contribution in [0.2, 0.25) is 0 Å². The summed E-state index contributed by atoms with van der Waals surface area (Å²) < 4.78 is 9.56. The van der Waals surface area contributed by atoms with Crippen molar-refractivity contribution >= 4 is 33.9 Å². The van der Waals surface area contributed by atoms with E-state index in [1.807, 2.05) is 0 Å². The highest BCUT2D eigenvalue weighted by atomic mass is 16.4. The summed E-state index contributed by atoms with van der Waals surface area (Å²) in [6, 6.07) is 13.4. The van der Waals surface area contributed by atoms with E-state index in [0.29, 0.717) is 16.4 Å². The molecule has 154 valence electrons. The molecular formula is C20H13O10-. The van der Waals surface area contributed by atoms with E-state index in [4.69, 9.17) is 24.2 Å². The topological polar surface area (TPSA) is 185 Å². The van der Waals surface area contributed by atoms with Crippen LogP contribution in [0.25, 0.3) is 21.9 Å². The Morgan fingerprint density at radius 3 is 1.77 bits per heavy atom. The number of rotatable bonds is 2. The summed E-state index contributed by atoms with van der Waals surface area (Å²) in [6.45, 7) is 0. The number of phenols is 1. The van der Waals surface area contributed by atoms with Crippen LogP contribution in [0, 0.1) is 0 Å². The molecule has 0 unspecified atom stereocenters. The summed E-state index contributed by atoms with van der Waals surface area (Å²) in [4.78, 5) is 43.5. The molecule has 4 rings (SSSR count). The van der Waals surface area contributed by atoms with E-state index in [0.717, 1.165) is 0 Å². The second-order valence-electron chi connectivity index (χ2n) is 5.77. The minimum atomic E-state index is -1.33. The van der Waals surface area contributed by atoms with Crippen molar-refractivity contribution in [3.63, 3.8) is 0 Å². The Morgan fingerprint density at radius 1 is 0.700 bits per heavy atom. The van der Waals surface area contributed by atoms with E-state index < -0.39 is 28.8 Å². The number of aromatic hydroxyl groups is 1. The third-order valence-electron chi connectivity index (χ3n) is 3.82. The van der Waals surface area contributed by atoms with Gasteiger partial charge in [-0.3, -0.25) is 0 Å². The fourth-order valence-electron chi connectivity index (χ4n) is 2.46. The average Bonchev–Trinajstić information content (AvgIpc) is 2.67. The molecule has 0 bridgehead atoms. The van der Waals surface area contributed by atoms with Crippen LogP contribution >= 0.6 is 0 Å². The maximum atomic E-state index is 11.2. The molecule has 10 heteroatoms. The fraction of sp³-hybridized carbons (Fsp3) is 0. The van der Waals surface area contributed by atoms with Gasteiger partial charge in [0.2, 0.25) is 0 Å². The van der Waals surface area contributed by atoms with E-state index in [2.05, 4.69) is 0 Å². The molecule has 0 amide bonds. The Hall–Kier alpha value is -4.44. The van der Waals surface area contributed by atoms with Gasteiger partial charge in [0.1, 0.15) is 28.0 Å². The number of carboxylic acid groups (broad SMARTS) is 2. The van der Waals surface area contributed by atoms with Crippen molar-refractivity contribution in [2.75, 3.05) is 0 Å². The van der Waals surface area contributed by atoms with Crippen LogP contribution < -0.4 is 11.3 Å². The largest absolute Gasteiger partial charge is 0.870 e. The summed E-state index contributed by atoms with van der Waals surface area (Å²) >= 11 is 0. The van der Waals surface area contributed by atoms with Crippen molar-refractivity contribution in [3.05, 3.63) is 86.6 Å². The Morgan fingerprint density at radius 2 is 1.20 bits per heavy atom. The van der Waals surface area contributed by atoms with Crippen LogP contribution in [-0.4, -0.2) is 32.7 Å². The SMILES string of the molecule is O=C(O)c1cc2ccc(O)cc2oc1=O.O=C(O)c1cc2ccccc2oc1=O.[OH-]. The number of fused-ring (bicyclic) bond motifs is 2. The lowest BCUT2D eigenvalue weighted by Crippen LogP contribution is -2.12. The number of benzene rings is 2. The van der Waals surface area contributed by atoms with Crippen molar-refractivity contribution < 1.29 is 39.2 Å². The van der Waals surface area contributed by atoms with Crippen LogP contribution in [0.1, 0.15) is 20.7 Å². The van der Waals surface area contributed by atoms with Gasteiger partial charge in [0, 0.05) is 16.8 Å². The van der Waals surface area contributed by atoms with Gasteiger partial charge in [-0.25, -0.2) is 19.2 Å². The van der Waals surface area contributed by atoms with E-state index in [-0.39, 0.29) is 22.4 Å². The van der Waals surface area contributed by atoms with E-state index >= 15 is 0 Å². The highest BCUT2D eigenvalue weighted by molar-refractivity contribution is 5.92. The van der Waals surface area contributed by atoms with E-state index in [1.54, 1.807) is 24.3 Å². The molecule has 0 radical (unpaired) electrons. The minimum absolute atomic E-state index is 0. The Kier molecular flexibility index (Phi) is 6.35. The maximum Gasteiger partial charge on any atom is 0.351 e. The molecule has 0 saturated heterocycles. The van der Waals surface area contributed by atoms with Gasteiger partial charge < -0.3 is 29.6 Å². The van der Waals surface area contributed by atoms with Gasteiger partial charge in [0.25, 0.3) is 0 Å². The zero-order chi connectivity index (χ0) is 21.1. The lowest BCUT2D eigenvalue weighted by Gasteiger charge is -1.98. The van der Waals surface area contributed by atoms with Gasteiger partial charge in [-0.1, -0.05) is 18.2 Å². The molecule has 0 aliphatic rings. The first-order valence-electron chi connectivity index (χ1n) is 8.02. The lowest BCUT2D eigenvalue weighted by molar-refractivity contribution is 0.0681.